The zero-order chi connectivity index (χ0) is 13.3. The van der Waals surface area contributed by atoms with Gasteiger partial charge in [-0.2, -0.15) is 0 Å². The Morgan fingerprint density at radius 3 is 2.72 bits per heavy atom. The molecular formula is C12H19NO5. The zero-order valence-electron chi connectivity index (χ0n) is 10.4. The average molecular weight is 257 g/mol. The molecule has 0 radical (unpaired) electrons. The van der Waals surface area contributed by atoms with Crippen LogP contribution in [0.1, 0.15) is 19.8 Å². The normalized spacial score (nSPS) is 36.7. The molecule has 2 aliphatic heterocycles. The van der Waals surface area contributed by atoms with Crippen LogP contribution >= 0.6 is 0 Å². The van der Waals surface area contributed by atoms with Crippen molar-refractivity contribution in [2.75, 3.05) is 19.8 Å². The third-order valence-electron chi connectivity index (χ3n) is 3.81. The lowest BCUT2D eigenvalue weighted by Gasteiger charge is -2.32. The molecule has 6 nitrogen and oxygen atoms in total. The first-order chi connectivity index (χ1) is 8.50. The molecule has 2 saturated heterocycles. The molecule has 2 aliphatic rings. The number of amides is 1. The molecule has 2 N–H and O–H groups in total. The Balaban J connectivity index is 2.09. The summed E-state index contributed by atoms with van der Waals surface area (Å²) >= 11 is 0. The first kappa shape index (κ1) is 13.3. The molecule has 3 unspecified atom stereocenters. The molecule has 0 saturated carbocycles. The second-order valence-electron chi connectivity index (χ2n) is 5.18. The number of hydrogen-bond donors (Lipinski definition) is 2. The summed E-state index contributed by atoms with van der Waals surface area (Å²) in [5.74, 6) is -1.29. The lowest BCUT2D eigenvalue weighted by atomic mass is 9.88. The summed E-state index contributed by atoms with van der Waals surface area (Å²) in [7, 11) is 0. The topological polar surface area (TPSA) is 87.1 Å². The lowest BCUT2D eigenvalue weighted by Crippen LogP contribution is -2.47. The molecule has 0 aromatic heterocycles. The first-order valence-electron chi connectivity index (χ1n) is 6.29. The molecule has 0 aromatic rings. The van der Waals surface area contributed by atoms with E-state index < -0.39 is 18.1 Å². The highest BCUT2D eigenvalue weighted by Crippen LogP contribution is 2.28. The zero-order valence-corrected chi connectivity index (χ0v) is 10.4. The average Bonchev–Trinajstić information content (AvgIpc) is 2.71. The van der Waals surface area contributed by atoms with E-state index in [2.05, 4.69) is 0 Å². The fraction of sp³-hybridized carbons (Fsp3) is 0.833. The number of β-amino-alcohol motifs (C(OH)–C–C–N with tert-alkyl or cyclic N) is 1. The maximum absolute atomic E-state index is 12.4. The summed E-state index contributed by atoms with van der Waals surface area (Å²) in [5, 5.41) is 18.6. The molecule has 2 fully saturated rings. The van der Waals surface area contributed by atoms with Gasteiger partial charge in [0, 0.05) is 32.1 Å². The number of aliphatic hydroxyl groups excluding tert-OH is 1. The van der Waals surface area contributed by atoms with E-state index in [1.807, 2.05) is 6.92 Å². The number of nitrogens with zero attached hydrogens (tertiary/aromatic N) is 1. The maximum Gasteiger partial charge on any atom is 0.326 e. The summed E-state index contributed by atoms with van der Waals surface area (Å²) in [6, 6.07) is -0.887. The molecule has 4 atom stereocenters. The third-order valence-corrected chi connectivity index (χ3v) is 3.81. The summed E-state index contributed by atoms with van der Waals surface area (Å²) in [5.41, 5.74) is 0. The fourth-order valence-corrected chi connectivity index (χ4v) is 2.75. The minimum atomic E-state index is -1.04. The number of rotatable bonds is 2. The lowest BCUT2D eigenvalue weighted by molar-refractivity contribution is -0.152. The van der Waals surface area contributed by atoms with Crippen LogP contribution in [0.2, 0.25) is 0 Å². The van der Waals surface area contributed by atoms with Gasteiger partial charge in [-0.25, -0.2) is 4.79 Å². The highest BCUT2D eigenvalue weighted by Gasteiger charge is 2.42. The number of likely N-dealkylation sites (tertiary alicyclic amines) is 1. The number of aliphatic carboxylic acids is 1. The number of carboxylic acids is 1. The smallest absolute Gasteiger partial charge is 0.326 e. The van der Waals surface area contributed by atoms with Crippen LogP contribution in [-0.4, -0.2) is 58.9 Å². The van der Waals surface area contributed by atoms with Gasteiger partial charge in [0.15, 0.2) is 0 Å². The van der Waals surface area contributed by atoms with Gasteiger partial charge in [-0.05, 0) is 12.3 Å². The Labute approximate surface area is 106 Å². The second-order valence-corrected chi connectivity index (χ2v) is 5.18. The van der Waals surface area contributed by atoms with Crippen LogP contribution in [0.15, 0.2) is 0 Å². The van der Waals surface area contributed by atoms with Crippen molar-refractivity contribution >= 4 is 11.9 Å². The van der Waals surface area contributed by atoms with Crippen LogP contribution in [0.4, 0.5) is 0 Å². The SMILES string of the molecule is CC1COCCC1C(=O)N1CC(O)C[C@H]1C(=O)O. The number of aliphatic hydroxyl groups is 1. The predicted octanol–water partition coefficient (Wildman–Crippen LogP) is -0.295. The number of carboxylic acid groups (broad SMARTS) is 1. The van der Waals surface area contributed by atoms with E-state index in [-0.39, 0.29) is 30.7 Å². The molecule has 1 amide bonds. The van der Waals surface area contributed by atoms with Gasteiger partial charge in [0.1, 0.15) is 6.04 Å². The van der Waals surface area contributed by atoms with Crippen LogP contribution in [0.3, 0.4) is 0 Å². The Hall–Kier alpha value is -1.14. The van der Waals surface area contributed by atoms with E-state index in [9.17, 15) is 14.7 Å². The molecular weight excluding hydrogens is 238 g/mol. The van der Waals surface area contributed by atoms with Crippen molar-refractivity contribution in [2.24, 2.45) is 11.8 Å². The molecule has 0 spiro atoms. The standard InChI is InChI=1S/C12H19NO5/c1-7-6-18-3-2-9(7)11(15)13-5-8(14)4-10(13)12(16)17/h7-10,14H,2-6H2,1H3,(H,16,17)/t7?,8?,9?,10-/m0/s1. The fourth-order valence-electron chi connectivity index (χ4n) is 2.75. The Morgan fingerprint density at radius 2 is 2.11 bits per heavy atom. The minimum Gasteiger partial charge on any atom is -0.480 e. The Kier molecular flexibility index (Phi) is 3.87. The van der Waals surface area contributed by atoms with Gasteiger partial charge >= 0.3 is 5.97 Å². The van der Waals surface area contributed by atoms with Crippen LogP contribution in [0.25, 0.3) is 0 Å². The molecule has 6 heteroatoms. The van der Waals surface area contributed by atoms with Gasteiger partial charge in [-0.3, -0.25) is 4.79 Å². The molecule has 0 bridgehead atoms. The van der Waals surface area contributed by atoms with E-state index in [1.165, 1.54) is 4.90 Å². The largest absolute Gasteiger partial charge is 0.480 e. The van der Waals surface area contributed by atoms with Crippen molar-refractivity contribution in [3.05, 3.63) is 0 Å². The van der Waals surface area contributed by atoms with Gasteiger partial charge in [0.25, 0.3) is 0 Å². The molecule has 2 rings (SSSR count). The van der Waals surface area contributed by atoms with E-state index in [1.54, 1.807) is 0 Å². The van der Waals surface area contributed by atoms with Crippen molar-refractivity contribution < 1.29 is 24.5 Å². The Bertz CT molecular complexity index is 345. The van der Waals surface area contributed by atoms with E-state index >= 15 is 0 Å². The maximum atomic E-state index is 12.4. The molecule has 102 valence electrons. The number of hydrogen-bond acceptors (Lipinski definition) is 4. The summed E-state index contributed by atoms with van der Waals surface area (Å²) in [6.07, 6.45) is 0.0163. The molecule has 0 aliphatic carbocycles. The highest BCUT2D eigenvalue weighted by molar-refractivity contribution is 5.86. The summed E-state index contributed by atoms with van der Waals surface area (Å²) in [6.45, 7) is 3.13. The predicted molar refractivity (Wildman–Crippen MR) is 61.9 cm³/mol. The molecule has 2 heterocycles. The van der Waals surface area contributed by atoms with E-state index in [4.69, 9.17) is 9.84 Å². The second kappa shape index (κ2) is 5.24. The van der Waals surface area contributed by atoms with Crippen LogP contribution in [0.5, 0.6) is 0 Å². The monoisotopic (exact) mass is 257 g/mol. The quantitative estimate of drug-likeness (QED) is 0.709. The van der Waals surface area contributed by atoms with Crippen molar-refractivity contribution in [2.45, 2.75) is 31.9 Å². The highest BCUT2D eigenvalue weighted by atomic mass is 16.5. The summed E-state index contributed by atoms with van der Waals surface area (Å²) < 4.78 is 5.28. The van der Waals surface area contributed by atoms with Crippen LogP contribution in [0, 0.1) is 11.8 Å². The van der Waals surface area contributed by atoms with Gasteiger partial charge in [0.2, 0.25) is 5.91 Å². The number of carbonyl (C=O) groups excluding carboxylic acids is 1. The van der Waals surface area contributed by atoms with Crippen molar-refractivity contribution in [3.63, 3.8) is 0 Å². The van der Waals surface area contributed by atoms with E-state index in [0.29, 0.717) is 19.6 Å². The Morgan fingerprint density at radius 1 is 1.39 bits per heavy atom. The van der Waals surface area contributed by atoms with Gasteiger partial charge in [0.05, 0.1) is 6.10 Å². The van der Waals surface area contributed by atoms with Gasteiger partial charge < -0.3 is 19.8 Å². The van der Waals surface area contributed by atoms with E-state index in [0.717, 1.165) is 0 Å². The van der Waals surface area contributed by atoms with Gasteiger partial charge in [-0.15, -0.1) is 0 Å². The van der Waals surface area contributed by atoms with Crippen molar-refractivity contribution in [1.82, 2.24) is 4.90 Å². The summed E-state index contributed by atoms with van der Waals surface area (Å²) in [4.78, 5) is 24.8. The third kappa shape index (κ3) is 2.49. The van der Waals surface area contributed by atoms with Crippen LogP contribution < -0.4 is 0 Å². The van der Waals surface area contributed by atoms with Crippen LogP contribution in [-0.2, 0) is 14.3 Å². The first-order valence-corrected chi connectivity index (χ1v) is 6.29. The molecule has 0 aromatic carbocycles. The number of ether oxygens (including phenoxy) is 1. The van der Waals surface area contributed by atoms with Crippen molar-refractivity contribution in [1.29, 1.82) is 0 Å². The number of carbonyl (C=O) groups is 2. The molecule has 18 heavy (non-hydrogen) atoms. The van der Waals surface area contributed by atoms with Gasteiger partial charge in [-0.1, -0.05) is 6.92 Å². The van der Waals surface area contributed by atoms with Crippen molar-refractivity contribution in [3.8, 4) is 0 Å². The minimum absolute atomic E-state index is 0.0958.